The number of benzene rings is 2. The molecule has 2 N–H and O–H groups in total. The van der Waals surface area contributed by atoms with Gasteiger partial charge in [-0.3, -0.25) is 4.79 Å². The third-order valence-corrected chi connectivity index (χ3v) is 5.44. The molecule has 30 heavy (non-hydrogen) atoms. The highest BCUT2D eigenvalue weighted by Crippen LogP contribution is 2.44. The number of carboxylic acids is 1. The molecule has 158 valence electrons. The SMILES string of the molecule is CCN(C(=O)CCNC(=O)OCC1c2ccccc2-c2ccccc21)C(C)C(=O)O. The number of carboxylic acid groups (broad SMARTS) is 1. The number of hydrogen-bond donors (Lipinski definition) is 2. The Balaban J connectivity index is 1.52. The van der Waals surface area contributed by atoms with Crippen LogP contribution in [0.3, 0.4) is 0 Å². The lowest BCUT2D eigenvalue weighted by atomic mass is 9.98. The fraction of sp³-hybridized carbons (Fsp3) is 0.348. The van der Waals surface area contributed by atoms with Crippen LogP contribution in [0.25, 0.3) is 11.1 Å². The fourth-order valence-corrected chi connectivity index (χ4v) is 3.86. The first kappa shape index (κ1) is 21.4. The zero-order chi connectivity index (χ0) is 21.7. The molecule has 0 heterocycles. The number of amides is 2. The maximum atomic E-state index is 12.2. The number of ether oxygens (including phenoxy) is 1. The lowest BCUT2D eigenvalue weighted by molar-refractivity contribution is -0.149. The normalized spacial score (nSPS) is 13.1. The fourth-order valence-electron chi connectivity index (χ4n) is 3.86. The average molecular weight is 410 g/mol. The van der Waals surface area contributed by atoms with Crippen molar-refractivity contribution in [2.75, 3.05) is 19.7 Å². The van der Waals surface area contributed by atoms with Crippen molar-refractivity contribution in [1.82, 2.24) is 10.2 Å². The summed E-state index contributed by atoms with van der Waals surface area (Å²) in [5.74, 6) is -1.42. The van der Waals surface area contributed by atoms with E-state index >= 15 is 0 Å². The number of aliphatic carboxylic acids is 1. The molecule has 0 saturated carbocycles. The van der Waals surface area contributed by atoms with E-state index in [-0.39, 0.29) is 37.9 Å². The second kappa shape index (κ2) is 9.43. The molecule has 1 unspecified atom stereocenters. The van der Waals surface area contributed by atoms with E-state index in [1.54, 1.807) is 6.92 Å². The quantitative estimate of drug-likeness (QED) is 0.697. The van der Waals surface area contributed by atoms with Crippen LogP contribution in [0.15, 0.2) is 48.5 Å². The van der Waals surface area contributed by atoms with Crippen LogP contribution in [0.2, 0.25) is 0 Å². The molecule has 0 saturated heterocycles. The van der Waals surface area contributed by atoms with Gasteiger partial charge in [-0.2, -0.15) is 0 Å². The first-order chi connectivity index (χ1) is 14.4. The molecule has 7 nitrogen and oxygen atoms in total. The van der Waals surface area contributed by atoms with Gasteiger partial charge < -0.3 is 20.1 Å². The second-order valence-electron chi connectivity index (χ2n) is 7.20. The number of carbonyl (C=O) groups is 3. The minimum Gasteiger partial charge on any atom is -0.480 e. The first-order valence-electron chi connectivity index (χ1n) is 10.0. The standard InChI is InChI=1S/C23H26N2O5/c1-3-25(15(2)22(27)28)21(26)12-13-24-23(29)30-14-20-18-10-6-4-8-16(18)17-9-5-7-11-19(17)20/h4-11,15,20H,3,12-14H2,1-2H3,(H,24,29)(H,27,28). The summed E-state index contributed by atoms with van der Waals surface area (Å²) in [6.45, 7) is 3.75. The molecule has 7 heteroatoms. The van der Waals surface area contributed by atoms with Crippen molar-refractivity contribution in [1.29, 1.82) is 0 Å². The molecule has 0 bridgehead atoms. The van der Waals surface area contributed by atoms with Crippen molar-refractivity contribution < 1.29 is 24.2 Å². The Bertz CT molecular complexity index is 897. The minimum absolute atomic E-state index is 0.00958. The van der Waals surface area contributed by atoms with Gasteiger partial charge in [0.2, 0.25) is 5.91 Å². The van der Waals surface area contributed by atoms with Crippen LogP contribution in [0.4, 0.5) is 4.79 Å². The number of nitrogens with zero attached hydrogens (tertiary/aromatic N) is 1. The summed E-state index contributed by atoms with van der Waals surface area (Å²) in [5, 5.41) is 11.7. The van der Waals surface area contributed by atoms with E-state index in [1.807, 2.05) is 36.4 Å². The summed E-state index contributed by atoms with van der Waals surface area (Å²) in [7, 11) is 0. The Kier molecular flexibility index (Phi) is 6.72. The third kappa shape index (κ3) is 4.45. The summed E-state index contributed by atoms with van der Waals surface area (Å²) in [6, 6.07) is 15.3. The third-order valence-electron chi connectivity index (χ3n) is 5.44. The highest BCUT2D eigenvalue weighted by molar-refractivity contribution is 5.84. The number of nitrogens with one attached hydrogen (secondary N) is 1. The molecule has 2 aromatic carbocycles. The molecule has 0 spiro atoms. The molecule has 3 rings (SSSR count). The van der Waals surface area contributed by atoms with Crippen LogP contribution >= 0.6 is 0 Å². The Morgan fingerprint density at radius 1 is 1.07 bits per heavy atom. The average Bonchev–Trinajstić information content (AvgIpc) is 3.06. The molecule has 1 aliphatic carbocycles. The summed E-state index contributed by atoms with van der Waals surface area (Å²) in [4.78, 5) is 36.7. The lowest BCUT2D eigenvalue weighted by Crippen LogP contribution is -2.44. The topological polar surface area (TPSA) is 95.9 Å². The molecular formula is C23H26N2O5. The number of hydrogen-bond acceptors (Lipinski definition) is 4. The van der Waals surface area contributed by atoms with E-state index in [0.29, 0.717) is 0 Å². The van der Waals surface area contributed by atoms with E-state index in [9.17, 15) is 14.4 Å². The molecule has 1 aliphatic rings. The molecule has 1 atom stereocenters. The van der Waals surface area contributed by atoms with Crippen molar-refractivity contribution in [3.05, 3.63) is 59.7 Å². The van der Waals surface area contributed by atoms with E-state index in [0.717, 1.165) is 22.3 Å². The molecule has 0 fully saturated rings. The van der Waals surface area contributed by atoms with Gasteiger partial charge in [-0.15, -0.1) is 0 Å². The monoisotopic (exact) mass is 410 g/mol. The van der Waals surface area contributed by atoms with Crippen molar-refractivity contribution in [2.24, 2.45) is 0 Å². The van der Waals surface area contributed by atoms with Gasteiger partial charge in [0.05, 0.1) is 0 Å². The van der Waals surface area contributed by atoms with E-state index < -0.39 is 18.1 Å². The lowest BCUT2D eigenvalue weighted by Gasteiger charge is -2.25. The zero-order valence-corrected chi connectivity index (χ0v) is 17.1. The van der Waals surface area contributed by atoms with Gasteiger partial charge in [0.15, 0.2) is 0 Å². The van der Waals surface area contributed by atoms with Crippen LogP contribution in [-0.4, -0.2) is 53.7 Å². The molecule has 0 radical (unpaired) electrons. The smallest absolute Gasteiger partial charge is 0.407 e. The Hall–Kier alpha value is -3.35. The van der Waals surface area contributed by atoms with Crippen molar-refractivity contribution in [3.63, 3.8) is 0 Å². The van der Waals surface area contributed by atoms with Gasteiger partial charge in [-0.05, 0) is 36.1 Å². The molecule has 2 aromatic rings. The number of likely N-dealkylation sites (N-methyl/N-ethyl adjacent to an activating group) is 1. The van der Waals surface area contributed by atoms with Gasteiger partial charge in [-0.25, -0.2) is 9.59 Å². The summed E-state index contributed by atoms with van der Waals surface area (Å²) in [5.41, 5.74) is 4.56. The highest BCUT2D eigenvalue weighted by Gasteiger charge is 2.29. The van der Waals surface area contributed by atoms with Crippen molar-refractivity contribution in [3.8, 4) is 11.1 Å². The first-order valence-corrected chi connectivity index (χ1v) is 10.0. The number of fused-ring (bicyclic) bond motifs is 3. The summed E-state index contributed by atoms with van der Waals surface area (Å²) >= 11 is 0. The summed E-state index contributed by atoms with van der Waals surface area (Å²) in [6.07, 6.45) is -0.589. The van der Waals surface area contributed by atoms with Gasteiger partial charge in [0, 0.05) is 25.4 Å². The van der Waals surface area contributed by atoms with E-state index in [2.05, 4.69) is 17.4 Å². The molecular weight excluding hydrogens is 384 g/mol. The maximum absolute atomic E-state index is 12.2. The van der Waals surface area contributed by atoms with Crippen molar-refractivity contribution >= 4 is 18.0 Å². The van der Waals surface area contributed by atoms with E-state index in [1.165, 1.54) is 11.8 Å². The predicted molar refractivity (Wildman–Crippen MR) is 112 cm³/mol. The van der Waals surface area contributed by atoms with Gasteiger partial charge >= 0.3 is 12.1 Å². The molecule has 0 aromatic heterocycles. The van der Waals surface area contributed by atoms with Gasteiger partial charge in [0.1, 0.15) is 12.6 Å². The largest absolute Gasteiger partial charge is 0.480 e. The van der Waals surface area contributed by atoms with Crippen LogP contribution in [0.5, 0.6) is 0 Å². The van der Waals surface area contributed by atoms with E-state index in [4.69, 9.17) is 9.84 Å². The number of carbonyl (C=O) groups excluding carboxylic acids is 2. The minimum atomic E-state index is -1.06. The Labute approximate surface area is 175 Å². The van der Waals surface area contributed by atoms with Crippen LogP contribution in [0.1, 0.15) is 37.3 Å². The van der Waals surface area contributed by atoms with Crippen LogP contribution in [-0.2, 0) is 14.3 Å². The number of rotatable bonds is 8. The Morgan fingerprint density at radius 2 is 1.63 bits per heavy atom. The number of alkyl carbamates (subject to hydrolysis) is 1. The summed E-state index contributed by atoms with van der Waals surface area (Å²) < 4.78 is 5.42. The van der Waals surface area contributed by atoms with Gasteiger partial charge in [0.25, 0.3) is 0 Å². The molecule has 0 aliphatic heterocycles. The van der Waals surface area contributed by atoms with Gasteiger partial charge in [-0.1, -0.05) is 48.5 Å². The van der Waals surface area contributed by atoms with Crippen LogP contribution in [0, 0.1) is 0 Å². The van der Waals surface area contributed by atoms with Crippen LogP contribution < -0.4 is 5.32 Å². The second-order valence-corrected chi connectivity index (χ2v) is 7.20. The predicted octanol–water partition coefficient (Wildman–Crippen LogP) is 3.24. The molecule has 2 amide bonds. The van der Waals surface area contributed by atoms with Crippen molar-refractivity contribution in [2.45, 2.75) is 32.2 Å². The Morgan fingerprint density at radius 3 is 2.17 bits per heavy atom. The zero-order valence-electron chi connectivity index (χ0n) is 17.1. The highest BCUT2D eigenvalue weighted by atomic mass is 16.5. The maximum Gasteiger partial charge on any atom is 0.407 e.